The predicted octanol–water partition coefficient (Wildman–Crippen LogP) is 0.726. The fraction of sp³-hybridized carbons (Fsp3) is 1.00. The molecule has 3 heteroatoms. The Labute approximate surface area is 80.7 Å². The van der Waals surface area contributed by atoms with Gasteiger partial charge in [0.15, 0.2) is 0 Å². The van der Waals surface area contributed by atoms with Gasteiger partial charge in [0, 0.05) is 31.7 Å². The van der Waals surface area contributed by atoms with Crippen molar-refractivity contribution in [3.8, 4) is 0 Å². The second-order valence-corrected chi connectivity index (χ2v) is 4.30. The molecule has 1 rings (SSSR count). The number of ether oxygens (including phenoxy) is 1. The third kappa shape index (κ3) is 2.22. The molecule has 0 saturated carbocycles. The first-order chi connectivity index (χ1) is 6.12. The molecule has 1 saturated heterocycles. The molecule has 1 N–H and O–H groups in total. The molecule has 0 aromatic rings. The van der Waals surface area contributed by atoms with Crippen LogP contribution in [0.5, 0.6) is 0 Å². The van der Waals surface area contributed by atoms with Crippen molar-refractivity contribution in [2.24, 2.45) is 5.92 Å². The molecule has 1 heterocycles. The van der Waals surface area contributed by atoms with Gasteiger partial charge in [0.1, 0.15) is 0 Å². The minimum absolute atomic E-state index is 0.132. The molecule has 1 fully saturated rings. The summed E-state index contributed by atoms with van der Waals surface area (Å²) >= 11 is 0. The van der Waals surface area contributed by atoms with Gasteiger partial charge in [-0.3, -0.25) is 4.90 Å². The van der Waals surface area contributed by atoms with Crippen molar-refractivity contribution in [3.63, 3.8) is 0 Å². The third-order valence-electron chi connectivity index (χ3n) is 3.35. The predicted molar refractivity (Wildman–Crippen MR) is 52.7 cm³/mol. The van der Waals surface area contributed by atoms with Crippen LogP contribution in [0.2, 0.25) is 0 Å². The Kier molecular flexibility index (Phi) is 3.71. The number of aliphatic hydroxyl groups excluding tert-OH is 1. The summed E-state index contributed by atoms with van der Waals surface area (Å²) in [7, 11) is 1.73. The van der Waals surface area contributed by atoms with Gasteiger partial charge in [-0.05, 0) is 26.8 Å². The van der Waals surface area contributed by atoms with Crippen LogP contribution in [0.15, 0.2) is 0 Å². The van der Waals surface area contributed by atoms with Crippen LogP contribution in [0, 0.1) is 5.92 Å². The average molecular weight is 187 g/mol. The van der Waals surface area contributed by atoms with Gasteiger partial charge in [0.2, 0.25) is 0 Å². The summed E-state index contributed by atoms with van der Waals surface area (Å²) in [5.74, 6) is 0.421. The topological polar surface area (TPSA) is 32.7 Å². The Morgan fingerprint density at radius 3 is 2.69 bits per heavy atom. The summed E-state index contributed by atoms with van der Waals surface area (Å²) in [6, 6.07) is 0. The minimum Gasteiger partial charge on any atom is -0.396 e. The molecule has 0 bridgehead atoms. The number of nitrogens with zero attached hydrogens (tertiary/aromatic N) is 1. The van der Waals surface area contributed by atoms with Crippen LogP contribution in [-0.2, 0) is 4.74 Å². The van der Waals surface area contributed by atoms with E-state index in [0.29, 0.717) is 12.5 Å². The Balaban J connectivity index is 2.48. The van der Waals surface area contributed by atoms with Crippen molar-refractivity contribution < 1.29 is 9.84 Å². The van der Waals surface area contributed by atoms with Crippen LogP contribution in [0.4, 0.5) is 0 Å². The quantitative estimate of drug-likeness (QED) is 0.704. The molecule has 1 aliphatic rings. The summed E-state index contributed by atoms with van der Waals surface area (Å²) in [5, 5.41) is 9.19. The molecule has 0 amide bonds. The molecule has 0 aliphatic carbocycles. The van der Waals surface area contributed by atoms with Crippen molar-refractivity contribution in [2.75, 3.05) is 33.4 Å². The highest BCUT2D eigenvalue weighted by atomic mass is 16.5. The van der Waals surface area contributed by atoms with Crippen molar-refractivity contribution in [2.45, 2.75) is 25.8 Å². The van der Waals surface area contributed by atoms with Crippen molar-refractivity contribution in [3.05, 3.63) is 0 Å². The van der Waals surface area contributed by atoms with Crippen LogP contribution in [0.3, 0.4) is 0 Å². The molecular weight excluding hydrogens is 166 g/mol. The largest absolute Gasteiger partial charge is 0.396 e. The van der Waals surface area contributed by atoms with E-state index >= 15 is 0 Å². The highest BCUT2D eigenvalue weighted by Crippen LogP contribution is 2.33. The highest BCUT2D eigenvalue weighted by Gasteiger charge is 2.40. The third-order valence-corrected chi connectivity index (χ3v) is 3.35. The zero-order valence-corrected chi connectivity index (χ0v) is 8.92. The van der Waals surface area contributed by atoms with Crippen molar-refractivity contribution >= 4 is 0 Å². The molecule has 3 nitrogen and oxygen atoms in total. The van der Waals surface area contributed by atoms with Crippen LogP contribution in [0.1, 0.15) is 20.3 Å². The Morgan fingerprint density at radius 2 is 2.23 bits per heavy atom. The molecule has 1 unspecified atom stereocenters. The number of aliphatic hydroxyl groups is 1. The fourth-order valence-corrected chi connectivity index (χ4v) is 2.13. The summed E-state index contributed by atoms with van der Waals surface area (Å²) in [6.07, 6.45) is 1.10. The summed E-state index contributed by atoms with van der Waals surface area (Å²) in [4.78, 5) is 2.40. The second-order valence-electron chi connectivity index (χ2n) is 4.30. The molecule has 0 aromatic carbocycles. The normalized spacial score (nSPS) is 28.2. The molecule has 1 aliphatic heterocycles. The average Bonchev–Trinajstić information content (AvgIpc) is 2.37. The molecular formula is C10H21NO2. The van der Waals surface area contributed by atoms with E-state index in [2.05, 4.69) is 18.7 Å². The lowest BCUT2D eigenvalue weighted by Crippen LogP contribution is -2.44. The molecule has 0 spiro atoms. The Bertz CT molecular complexity index is 159. The lowest BCUT2D eigenvalue weighted by atomic mass is 9.89. The maximum atomic E-state index is 9.19. The lowest BCUT2D eigenvalue weighted by Gasteiger charge is -2.35. The van der Waals surface area contributed by atoms with Gasteiger partial charge >= 0.3 is 0 Å². The summed E-state index contributed by atoms with van der Waals surface area (Å²) < 4.78 is 5.06. The van der Waals surface area contributed by atoms with Crippen molar-refractivity contribution in [1.29, 1.82) is 0 Å². The van der Waals surface area contributed by atoms with E-state index < -0.39 is 0 Å². The fourth-order valence-electron chi connectivity index (χ4n) is 2.13. The highest BCUT2D eigenvalue weighted by molar-refractivity contribution is 4.94. The van der Waals surface area contributed by atoms with E-state index in [4.69, 9.17) is 4.74 Å². The van der Waals surface area contributed by atoms with E-state index in [0.717, 1.165) is 26.1 Å². The number of hydrogen-bond donors (Lipinski definition) is 1. The van der Waals surface area contributed by atoms with Gasteiger partial charge in [-0.25, -0.2) is 0 Å². The SMILES string of the molecule is COCCN1CCC(CO)C1(C)C. The molecule has 13 heavy (non-hydrogen) atoms. The second kappa shape index (κ2) is 4.40. The van der Waals surface area contributed by atoms with Gasteiger partial charge in [-0.15, -0.1) is 0 Å². The molecule has 0 radical (unpaired) electrons. The molecule has 78 valence electrons. The zero-order valence-electron chi connectivity index (χ0n) is 8.92. The molecule has 0 aromatic heterocycles. The number of hydrogen-bond acceptors (Lipinski definition) is 3. The van der Waals surface area contributed by atoms with E-state index in [1.54, 1.807) is 7.11 Å². The van der Waals surface area contributed by atoms with Gasteiger partial charge in [-0.2, -0.15) is 0 Å². The number of likely N-dealkylation sites (tertiary alicyclic amines) is 1. The molecule has 1 atom stereocenters. The van der Waals surface area contributed by atoms with Crippen LogP contribution in [0.25, 0.3) is 0 Å². The first-order valence-corrected chi connectivity index (χ1v) is 4.97. The maximum Gasteiger partial charge on any atom is 0.0589 e. The first kappa shape index (κ1) is 11.0. The summed E-state index contributed by atoms with van der Waals surface area (Å²) in [6.45, 7) is 7.55. The van der Waals surface area contributed by atoms with Crippen LogP contribution in [-0.4, -0.2) is 49.0 Å². The Hall–Kier alpha value is -0.120. The lowest BCUT2D eigenvalue weighted by molar-refractivity contribution is 0.0728. The smallest absolute Gasteiger partial charge is 0.0589 e. The monoisotopic (exact) mass is 187 g/mol. The van der Waals surface area contributed by atoms with E-state index in [1.165, 1.54) is 0 Å². The Morgan fingerprint density at radius 1 is 1.54 bits per heavy atom. The summed E-state index contributed by atoms with van der Waals surface area (Å²) in [5.41, 5.74) is 0.132. The number of rotatable bonds is 4. The van der Waals surface area contributed by atoms with E-state index in [1.807, 2.05) is 0 Å². The van der Waals surface area contributed by atoms with E-state index in [-0.39, 0.29) is 5.54 Å². The van der Waals surface area contributed by atoms with Gasteiger partial charge in [0.05, 0.1) is 6.61 Å². The van der Waals surface area contributed by atoms with E-state index in [9.17, 15) is 5.11 Å². The van der Waals surface area contributed by atoms with Crippen molar-refractivity contribution in [1.82, 2.24) is 4.90 Å². The van der Waals surface area contributed by atoms with Gasteiger partial charge in [-0.1, -0.05) is 0 Å². The van der Waals surface area contributed by atoms with Gasteiger partial charge < -0.3 is 9.84 Å². The maximum absolute atomic E-state index is 9.19. The minimum atomic E-state index is 0.132. The standard InChI is InChI=1S/C10H21NO2/c1-10(2)9(8-12)4-5-11(10)6-7-13-3/h9,12H,4-8H2,1-3H3. The van der Waals surface area contributed by atoms with Gasteiger partial charge in [0.25, 0.3) is 0 Å². The zero-order chi connectivity index (χ0) is 9.90. The van der Waals surface area contributed by atoms with Crippen LogP contribution < -0.4 is 0 Å². The van der Waals surface area contributed by atoms with Crippen LogP contribution >= 0.6 is 0 Å². The number of methoxy groups -OCH3 is 1. The first-order valence-electron chi connectivity index (χ1n) is 4.97.